The normalized spacial score (nSPS) is 14.5. The Morgan fingerprint density at radius 1 is 0.296 bits per heavy atom. The standard InChI is InChI=1S/C79H138O17P2/c1-5-9-13-17-21-25-29-33-35-36-38-42-46-50-54-58-62-66-79(84)96-75(70-90-77(82)64-60-56-52-48-44-41-37-34-30-26-22-18-14-10-6-2)72-94-98(87,88)92-68-73(80)67-91-97(85,86)93-71-74(95-78(83)65-61-57-53-49-45-40-32-28-24-20-16-12-8-4)69-89-76(81)63-59-55-51-47-43-39-31-27-23-19-15-11-7-3/h21,25-28,30-35,37-38,42,50,54,73-75,80H,5-20,22-24,29,36,39-41,43-49,51-53,55-72H2,1-4H3,(H,85,86)(H,87,88)/b25-21-,30-26-,31-27-,32-28-,35-33-,37-34-,42-38-,54-50-/t73-,74-,75-/m1/s1. The predicted octanol–water partition coefficient (Wildman–Crippen LogP) is 22.0. The number of aliphatic hydroxyl groups excluding tert-OH is 1. The Morgan fingerprint density at radius 2 is 0.541 bits per heavy atom. The van der Waals surface area contributed by atoms with E-state index in [0.29, 0.717) is 32.1 Å². The van der Waals surface area contributed by atoms with E-state index in [-0.39, 0.29) is 25.7 Å². The van der Waals surface area contributed by atoms with Crippen LogP contribution in [0.1, 0.15) is 323 Å². The summed E-state index contributed by atoms with van der Waals surface area (Å²) in [5.41, 5.74) is 0. The fourth-order valence-electron chi connectivity index (χ4n) is 10.1. The van der Waals surface area contributed by atoms with Gasteiger partial charge < -0.3 is 33.8 Å². The SMILES string of the molecule is CCCCC/C=C\C/C=C\C/C=C\C/C=C\CCCC(=O)O[C@H](COC(=O)CCCCCCC/C=C\C=C/CCCCCC)COP(=O)(O)OC[C@H](O)COP(=O)(O)OC[C@@H](COC(=O)CCCCCCC/C=C\CCCCCC)OC(=O)CCCCCCC/C=C\CCCCCC. The van der Waals surface area contributed by atoms with Crippen LogP contribution in [0.3, 0.4) is 0 Å². The molecule has 0 aromatic heterocycles. The molecule has 0 aliphatic heterocycles. The minimum absolute atomic E-state index is 0.0155. The van der Waals surface area contributed by atoms with E-state index in [1.165, 1.54) is 96.3 Å². The first-order chi connectivity index (χ1) is 47.7. The maximum absolute atomic E-state index is 13.1. The van der Waals surface area contributed by atoms with Crippen LogP contribution >= 0.6 is 15.6 Å². The largest absolute Gasteiger partial charge is 0.472 e. The molecule has 0 radical (unpaired) electrons. The number of carbonyl (C=O) groups is 4. The Morgan fingerprint density at radius 3 is 0.898 bits per heavy atom. The molecule has 0 fully saturated rings. The molecule has 0 spiro atoms. The van der Waals surface area contributed by atoms with E-state index < -0.39 is 97.5 Å². The first kappa shape index (κ1) is 94.0. The summed E-state index contributed by atoms with van der Waals surface area (Å²) in [7, 11) is -9.97. The lowest BCUT2D eigenvalue weighted by molar-refractivity contribution is -0.161. The Labute approximate surface area is 595 Å². The highest BCUT2D eigenvalue weighted by Gasteiger charge is 2.30. The molecule has 0 aliphatic carbocycles. The Hall–Kier alpha value is -4.02. The Balaban J connectivity index is 5.42. The van der Waals surface area contributed by atoms with E-state index in [2.05, 4.69) is 113 Å². The van der Waals surface area contributed by atoms with E-state index in [0.717, 1.165) is 141 Å². The second kappa shape index (κ2) is 71.4. The molecule has 0 saturated heterocycles. The van der Waals surface area contributed by atoms with E-state index in [1.807, 2.05) is 12.2 Å². The first-order valence-corrected chi connectivity index (χ1v) is 41.5. The van der Waals surface area contributed by atoms with Crippen LogP contribution in [-0.2, 0) is 65.4 Å². The lowest BCUT2D eigenvalue weighted by Crippen LogP contribution is -2.30. The van der Waals surface area contributed by atoms with E-state index in [4.69, 9.17) is 37.0 Å². The van der Waals surface area contributed by atoms with Crippen molar-refractivity contribution in [2.24, 2.45) is 0 Å². The zero-order valence-corrected chi connectivity index (χ0v) is 63.5. The van der Waals surface area contributed by atoms with Crippen LogP contribution < -0.4 is 0 Å². The highest BCUT2D eigenvalue weighted by molar-refractivity contribution is 7.47. The number of aliphatic hydroxyl groups is 1. The molecule has 0 rings (SSSR count). The van der Waals surface area contributed by atoms with Gasteiger partial charge in [0.15, 0.2) is 12.2 Å². The second-order valence-corrected chi connectivity index (χ2v) is 28.5. The molecule has 0 amide bonds. The molecule has 0 bridgehead atoms. The van der Waals surface area contributed by atoms with Crippen LogP contribution in [0.4, 0.5) is 0 Å². The average Bonchev–Trinajstić information content (AvgIpc) is 1.02. The van der Waals surface area contributed by atoms with Crippen LogP contribution in [0.25, 0.3) is 0 Å². The third-order valence-electron chi connectivity index (χ3n) is 16.0. The minimum Gasteiger partial charge on any atom is -0.462 e. The summed E-state index contributed by atoms with van der Waals surface area (Å²) in [6.07, 6.45) is 74.0. The van der Waals surface area contributed by atoms with Gasteiger partial charge in [-0.3, -0.25) is 37.3 Å². The number of unbranched alkanes of at least 4 members (excludes halogenated alkanes) is 31. The first-order valence-electron chi connectivity index (χ1n) is 38.5. The summed E-state index contributed by atoms with van der Waals surface area (Å²) < 4.78 is 68.4. The van der Waals surface area contributed by atoms with Gasteiger partial charge in [0.25, 0.3) is 0 Å². The Bertz CT molecular complexity index is 2240. The molecule has 3 N–H and O–H groups in total. The van der Waals surface area contributed by atoms with Crippen molar-refractivity contribution in [3.8, 4) is 0 Å². The molecule has 0 aromatic rings. The van der Waals surface area contributed by atoms with Gasteiger partial charge in [0.05, 0.1) is 26.4 Å². The molecule has 2 unspecified atom stereocenters. The van der Waals surface area contributed by atoms with Gasteiger partial charge in [0.2, 0.25) is 0 Å². The molecule has 17 nitrogen and oxygen atoms in total. The fraction of sp³-hybridized carbons (Fsp3) is 0.747. The number of hydrogen-bond acceptors (Lipinski definition) is 15. The van der Waals surface area contributed by atoms with Crippen molar-refractivity contribution in [3.05, 3.63) is 97.2 Å². The summed E-state index contributed by atoms with van der Waals surface area (Å²) in [4.78, 5) is 72.8. The summed E-state index contributed by atoms with van der Waals surface area (Å²) in [6.45, 7) is 4.71. The van der Waals surface area contributed by atoms with Crippen LogP contribution in [0.5, 0.6) is 0 Å². The molecule has 0 heterocycles. The summed E-state index contributed by atoms with van der Waals surface area (Å²) >= 11 is 0. The van der Waals surface area contributed by atoms with Gasteiger partial charge in [0.1, 0.15) is 19.3 Å². The van der Waals surface area contributed by atoms with Crippen molar-refractivity contribution in [2.45, 2.75) is 341 Å². The predicted molar refractivity (Wildman–Crippen MR) is 399 cm³/mol. The van der Waals surface area contributed by atoms with Crippen molar-refractivity contribution < 1.29 is 80.2 Å². The minimum atomic E-state index is -4.99. The fourth-order valence-corrected chi connectivity index (χ4v) is 11.7. The number of ether oxygens (including phenoxy) is 4. The van der Waals surface area contributed by atoms with Gasteiger partial charge in [-0.1, -0.05) is 253 Å². The number of hydrogen-bond donors (Lipinski definition) is 3. The van der Waals surface area contributed by atoms with E-state index >= 15 is 0 Å². The highest BCUT2D eigenvalue weighted by Crippen LogP contribution is 2.45. The molecule has 98 heavy (non-hydrogen) atoms. The van der Waals surface area contributed by atoms with Crippen LogP contribution in [0.15, 0.2) is 97.2 Å². The van der Waals surface area contributed by atoms with E-state index in [9.17, 15) is 43.2 Å². The summed E-state index contributed by atoms with van der Waals surface area (Å²) in [5, 5.41) is 10.6. The topological polar surface area (TPSA) is 237 Å². The molecule has 566 valence electrons. The molecule has 0 aliphatic rings. The van der Waals surface area contributed by atoms with Gasteiger partial charge in [-0.15, -0.1) is 0 Å². The molecular weight excluding hydrogens is 1280 g/mol. The van der Waals surface area contributed by atoms with Crippen molar-refractivity contribution in [2.75, 3.05) is 39.6 Å². The van der Waals surface area contributed by atoms with Crippen molar-refractivity contribution >= 4 is 39.5 Å². The number of carbonyl (C=O) groups excluding carboxylic acids is 4. The lowest BCUT2D eigenvalue weighted by atomic mass is 10.1. The van der Waals surface area contributed by atoms with Gasteiger partial charge in [0, 0.05) is 25.7 Å². The monoisotopic (exact) mass is 1420 g/mol. The number of rotatable bonds is 72. The number of esters is 4. The number of phosphoric acid groups is 2. The van der Waals surface area contributed by atoms with Gasteiger partial charge >= 0.3 is 39.5 Å². The number of phosphoric ester groups is 2. The maximum atomic E-state index is 13.1. The second-order valence-electron chi connectivity index (χ2n) is 25.6. The average molecular weight is 1420 g/mol. The van der Waals surface area contributed by atoms with Crippen molar-refractivity contribution in [1.82, 2.24) is 0 Å². The van der Waals surface area contributed by atoms with E-state index in [1.54, 1.807) is 0 Å². The van der Waals surface area contributed by atoms with Crippen LogP contribution in [-0.4, -0.2) is 96.7 Å². The van der Waals surface area contributed by atoms with Crippen LogP contribution in [0.2, 0.25) is 0 Å². The summed E-state index contributed by atoms with van der Waals surface area (Å²) in [5.74, 6) is -2.27. The molecular formula is C79H138O17P2. The van der Waals surface area contributed by atoms with Crippen LogP contribution in [0, 0.1) is 0 Å². The zero-order valence-electron chi connectivity index (χ0n) is 61.7. The smallest absolute Gasteiger partial charge is 0.462 e. The van der Waals surface area contributed by atoms with Gasteiger partial charge in [-0.05, 0) is 141 Å². The zero-order chi connectivity index (χ0) is 71.8. The lowest BCUT2D eigenvalue weighted by Gasteiger charge is -2.21. The highest BCUT2D eigenvalue weighted by atomic mass is 31.2. The Kier molecular flexibility index (Phi) is 68.4. The van der Waals surface area contributed by atoms with Gasteiger partial charge in [-0.2, -0.15) is 0 Å². The molecule has 0 saturated carbocycles. The van der Waals surface area contributed by atoms with Gasteiger partial charge in [-0.25, -0.2) is 9.13 Å². The molecule has 19 heteroatoms. The van der Waals surface area contributed by atoms with Crippen molar-refractivity contribution in [1.29, 1.82) is 0 Å². The summed E-state index contributed by atoms with van der Waals surface area (Å²) in [6, 6.07) is 0. The molecule has 5 atom stereocenters. The quantitative estimate of drug-likeness (QED) is 0.0128. The van der Waals surface area contributed by atoms with Crippen molar-refractivity contribution in [3.63, 3.8) is 0 Å². The third-order valence-corrected chi connectivity index (χ3v) is 17.9. The third kappa shape index (κ3) is 70.4. The number of allylic oxidation sites excluding steroid dienone is 16. The maximum Gasteiger partial charge on any atom is 0.472 e. The molecule has 0 aromatic carbocycles.